The van der Waals surface area contributed by atoms with Gasteiger partial charge in [0.15, 0.2) is 11.6 Å². The molecule has 6 heterocycles. The van der Waals surface area contributed by atoms with Crippen LogP contribution in [-0.4, -0.2) is 121 Å². The van der Waals surface area contributed by atoms with Crippen molar-refractivity contribution in [3.8, 4) is 15.4 Å². The summed E-state index contributed by atoms with van der Waals surface area (Å²) in [5.41, 5.74) is 10.4. The Bertz CT molecular complexity index is 3120. The zero-order valence-electron chi connectivity index (χ0n) is 45.3. The van der Waals surface area contributed by atoms with Crippen LogP contribution in [0.1, 0.15) is 133 Å². The fourth-order valence-electron chi connectivity index (χ4n) is 10.8. The van der Waals surface area contributed by atoms with Gasteiger partial charge in [0.25, 0.3) is 0 Å². The van der Waals surface area contributed by atoms with E-state index in [1.807, 2.05) is 95.6 Å². The summed E-state index contributed by atoms with van der Waals surface area (Å²) in [5.74, 6) is 0.750. The molecule has 3 aromatic carbocycles. The quantitative estimate of drug-likeness (QED) is 0.0701. The highest BCUT2D eigenvalue weighted by molar-refractivity contribution is 7.15. The third-order valence-corrected chi connectivity index (χ3v) is 17.8. The van der Waals surface area contributed by atoms with Gasteiger partial charge in [-0.1, -0.05) is 93.0 Å². The number of β-amino-alcohol motifs (C(OH)–C–C–N with tert-alkyl or cyclic N) is 1. The van der Waals surface area contributed by atoms with Crippen molar-refractivity contribution in [1.82, 2.24) is 40.2 Å². The van der Waals surface area contributed by atoms with Crippen molar-refractivity contribution >= 4 is 63.5 Å². The lowest BCUT2D eigenvalue weighted by molar-refractivity contribution is -0.144. The van der Waals surface area contributed by atoms with Crippen LogP contribution in [0, 0.1) is 33.1 Å². The third-order valence-electron chi connectivity index (χ3n) is 15.4. The van der Waals surface area contributed by atoms with Gasteiger partial charge in [0.05, 0.1) is 53.0 Å². The third kappa shape index (κ3) is 12.8. The number of ether oxygens (including phenoxy) is 1. The van der Waals surface area contributed by atoms with E-state index in [4.69, 9.17) is 21.3 Å². The first-order valence-corrected chi connectivity index (χ1v) is 28.8. The fourth-order valence-corrected chi connectivity index (χ4v) is 13.0. The lowest BCUT2D eigenvalue weighted by Gasteiger charge is -2.35. The van der Waals surface area contributed by atoms with Crippen molar-refractivity contribution in [3.63, 3.8) is 0 Å². The van der Waals surface area contributed by atoms with Crippen LogP contribution in [0.2, 0.25) is 5.02 Å². The van der Waals surface area contributed by atoms with Crippen molar-refractivity contribution in [2.75, 3.05) is 39.4 Å². The van der Waals surface area contributed by atoms with Crippen LogP contribution in [-0.2, 0) is 30.3 Å². The van der Waals surface area contributed by atoms with Gasteiger partial charge in [-0.25, -0.2) is 4.98 Å². The lowest BCUT2D eigenvalue weighted by Crippen LogP contribution is -2.57. The highest BCUT2D eigenvalue weighted by atomic mass is 35.5. The summed E-state index contributed by atoms with van der Waals surface area (Å²) in [6.45, 7) is 18.4. The number of hydrogen-bond donors (Lipinski definition) is 3. The van der Waals surface area contributed by atoms with E-state index < -0.39 is 35.6 Å². The number of rotatable bonds is 18. The summed E-state index contributed by atoms with van der Waals surface area (Å²) in [5, 5.41) is 27.5. The Morgan fingerprint density at radius 3 is 2.27 bits per heavy atom. The monoisotopic (exact) mass is 1100 g/mol. The van der Waals surface area contributed by atoms with Crippen molar-refractivity contribution in [2.24, 2.45) is 10.4 Å². The number of thiazole rings is 1. The average Bonchev–Trinajstić information content (AvgIpc) is 4.31. The largest absolute Gasteiger partial charge is 0.391 e. The first-order chi connectivity index (χ1) is 36.8. The summed E-state index contributed by atoms with van der Waals surface area (Å²) in [7, 11) is 0. The SMILES string of the molecule is Cc1ncsc1-c1ccc(CCC(=O)[C@@H]2C[C@@H](O)CN2C(=O)[C@@H](NC(=O)COCCN2CCC(c3ccc([C@@H](C)NC(=O)C[C@@H]4N=C(c5ccc(Cl)cc5)c5c(sc(C)c5C)-n5c(C)nnc54)cc3)CC2)C(C)(C)C)cc1. The number of ketones is 1. The number of nitrogens with zero attached hydrogens (tertiary/aromatic N) is 7. The van der Waals surface area contributed by atoms with Gasteiger partial charge in [0, 0.05) is 47.0 Å². The topological polar surface area (TPSA) is 184 Å². The smallest absolute Gasteiger partial charge is 0.246 e. The van der Waals surface area contributed by atoms with Crippen LogP contribution >= 0.6 is 34.3 Å². The van der Waals surface area contributed by atoms with E-state index in [-0.39, 0.29) is 56.1 Å². The molecule has 3 aliphatic rings. The molecule has 77 heavy (non-hydrogen) atoms. The van der Waals surface area contributed by atoms with Gasteiger partial charge >= 0.3 is 0 Å². The number of amides is 3. The number of aliphatic hydroxyl groups is 1. The Morgan fingerprint density at radius 1 is 0.896 bits per heavy atom. The summed E-state index contributed by atoms with van der Waals surface area (Å²) in [4.78, 5) is 70.7. The Labute approximate surface area is 464 Å². The molecule has 3 amide bonds. The Balaban J connectivity index is 0.718. The number of aromatic nitrogens is 4. The van der Waals surface area contributed by atoms with E-state index in [2.05, 4.69) is 73.4 Å². The van der Waals surface area contributed by atoms with Crippen LogP contribution in [0.25, 0.3) is 15.4 Å². The molecule has 3 aromatic heterocycles. The molecule has 406 valence electrons. The number of hydrogen-bond acceptors (Lipinski definition) is 13. The van der Waals surface area contributed by atoms with Gasteiger partial charge < -0.3 is 30.3 Å². The predicted octanol–water partition coefficient (Wildman–Crippen LogP) is 9.39. The van der Waals surface area contributed by atoms with Gasteiger partial charge in [-0.3, -0.25) is 28.7 Å². The summed E-state index contributed by atoms with van der Waals surface area (Å²) in [6, 6.07) is 21.9. The van der Waals surface area contributed by atoms with Crippen molar-refractivity contribution in [1.29, 1.82) is 0 Å². The van der Waals surface area contributed by atoms with Gasteiger partial charge in [-0.2, -0.15) is 0 Å². The first-order valence-electron chi connectivity index (χ1n) is 26.7. The summed E-state index contributed by atoms with van der Waals surface area (Å²) < 4.78 is 7.92. The van der Waals surface area contributed by atoms with E-state index in [0.29, 0.717) is 36.3 Å². The molecule has 3 aliphatic heterocycles. The molecular weight excluding hydrogens is 1030 g/mol. The lowest BCUT2D eigenvalue weighted by atomic mass is 9.85. The molecule has 0 spiro atoms. The minimum Gasteiger partial charge on any atom is -0.391 e. The minimum absolute atomic E-state index is 0.0357. The summed E-state index contributed by atoms with van der Waals surface area (Å²) >= 11 is 9.57. The number of carbonyl (C=O) groups is 4. The number of benzene rings is 3. The number of thiophene rings is 1. The van der Waals surface area contributed by atoms with Gasteiger partial charge in [-0.15, -0.1) is 32.9 Å². The van der Waals surface area contributed by atoms with Gasteiger partial charge in [0.1, 0.15) is 29.5 Å². The van der Waals surface area contributed by atoms with Crippen LogP contribution in [0.15, 0.2) is 83.3 Å². The molecule has 0 radical (unpaired) electrons. The highest BCUT2D eigenvalue weighted by Gasteiger charge is 2.44. The van der Waals surface area contributed by atoms with Crippen molar-refractivity contribution < 1.29 is 29.0 Å². The number of nitrogens with one attached hydrogen (secondary N) is 2. The molecule has 3 N–H and O–H groups in total. The number of aryl methyl sites for hydroxylation is 4. The van der Waals surface area contributed by atoms with Crippen LogP contribution in [0.5, 0.6) is 0 Å². The maximum atomic E-state index is 14.1. The average molecular weight is 1100 g/mol. The number of Topliss-reactive ketones (excluding diaryl/α,β-unsaturated/α-hetero) is 1. The number of piperidine rings is 1. The molecular formula is C59H70ClN9O6S2. The number of carbonyl (C=O) groups excluding carboxylic acids is 4. The van der Waals surface area contributed by atoms with Gasteiger partial charge in [0.2, 0.25) is 17.7 Å². The number of halogens is 1. The number of likely N-dealkylation sites (tertiary alicyclic amines) is 2. The molecule has 0 saturated carbocycles. The number of aliphatic imine (C=N–C) groups is 1. The highest BCUT2D eigenvalue weighted by Crippen LogP contribution is 2.40. The molecule has 2 saturated heterocycles. The second-order valence-corrected chi connectivity index (χ2v) is 24.4. The van der Waals surface area contributed by atoms with Crippen LogP contribution in [0.4, 0.5) is 0 Å². The normalized spacial score (nSPS) is 18.8. The molecule has 9 rings (SSSR count). The van der Waals surface area contributed by atoms with E-state index in [0.717, 1.165) is 86.4 Å². The zero-order chi connectivity index (χ0) is 54.7. The molecule has 18 heteroatoms. The van der Waals surface area contributed by atoms with Crippen molar-refractivity contribution in [3.05, 3.63) is 139 Å². The van der Waals surface area contributed by atoms with Crippen LogP contribution in [0.3, 0.4) is 0 Å². The van der Waals surface area contributed by atoms with Crippen molar-refractivity contribution in [2.45, 2.75) is 130 Å². The molecule has 0 aliphatic carbocycles. The second-order valence-electron chi connectivity index (χ2n) is 21.9. The first kappa shape index (κ1) is 55.8. The number of fused-ring (bicyclic) bond motifs is 3. The molecule has 0 bridgehead atoms. The maximum Gasteiger partial charge on any atom is 0.246 e. The maximum absolute atomic E-state index is 14.1. The Hall–Kier alpha value is -5.95. The number of aliphatic hydroxyl groups excluding tert-OH is 1. The Morgan fingerprint density at radius 2 is 1.60 bits per heavy atom. The van der Waals surface area contributed by atoms with Gasteiger partial charge in [-0.05, 0) is 118 Å². The molecule has 2 fully saturated rings. The second kappa shape index (κ2) is 24.0. The minimum atomic E-state index is -0.918. The molecule has 15 nitrogen and oxygen atoms in total. The standard InChI is InChI=1S/C59H70ClN9O6S2/c1-34-37(4)77-58-52(34)53(43-18-20-45(60)21-19-43)63-47(56-66-65-38(5)69(56)58)30-50(72)62-35(2)40-14-16-41(17-15-40)42-23-25-67(26-24-42)27-28-75-32-51(73)64-55(59(6,7)8)57(74)68-31-46(70)29-48(68)49(71)22-11-39-9-12-44(13-10-39)54-36(3)61-33-76-54/h9-10,12-21,33,35,42,46-48,55,70H,11,22-32H2,1-8H3,(H,62,72)(H,64,73)/t35-,46-,47+,48+,55-/m1/s1. The fraction of sp³-hybridized carbons (Fsp3) is 0.458. The molecule has 0 unspecified atom stereocenters. The zero-order valence-corrected chi connectivity index (χ0v) is 47.7. The van der Waals surface area contributed by atoms with E-state index >= 15 is 0 Å². The summed E-state index contributed by atoms with van der Waals surface area (Å²) in [6.07, 6.45) is 2.14. The van der Waals surface area contributed by atoms with E-state index in [1.165, 1.54) is 15.3 Å². The predicted molar refractivity (Wildman–Crippen MR) is 303 cm³/mol. The van der Waals surface area contributed by atoms with E-state index in [1.54, 1.807) is 22.7 Å². The Kier molecular flexibility index (Phi) is 17.4. The molecule has 5 atom stereocenters. The molecule has 6 aromatic rings. The van der Waals surface area contributed by atoms with E-state index in [9.17, 15) is 24.3 Å². The van der Waals surface area contributed by atoms with Crippen LogP contribution < -0.4 is 10.6 Å².